The highest BCUT2D eigenvalue weighted by atomic mass is 35.5. The second-order valence-corrected chi connectivity index (χ2v) is 5.49. The lowest BCUT2D eigenvalue weighted by atomic mass is 10.1. The Hall–Kier alpha value is -1.81. The highest BCUT2D eigenvalue weighted by molar-refractivity contribution is 6.31. The molecule has 106 valence electrons. The summed E-state index contributed by atoms with van der Waals surface area (Å²) in [6, 6.07) is 8.04. The summed E-state index contributed by atoms with van der Waals surface area (Å²) in [6.07, 6.45) is 2.34. The van der Waals surface area contributed by atoms with Crippen LogP contribution in [0.3, 0.4) is 0 Å². The minimum atomic E-state index is 0.206. The molecule has 4 nitrogen and oxygen atoms in total. The third kappa shape index (κ3) is 3.20. The zero-order valence-corrected chi connectivity index (χ0v) is 12.5. The number of nitrogens with two attached hydrogens (primary N) is 1. The predicted molar refractivity (Wildman–Crippen MR) is 85.8 cm³/mol. The molecule has 0 saturated heterocycles. The van der Waals surface area contributed by atoms with Gasteiger partial charge in [0.25, 0.3) is 0 Å². The Balaban J connectivity index is 2.45. The van der Waals surface area contributed by atoms with E-state index in [2.05, 4.69) is 23.7 Å². The maximum Gasteiger partial charge on any atom is 0.0923 e. The standard InChI is InChI=1S/C15H19ClN4/c1-10(2)20(8-6-15(17)18)14-5-7-19-13-9-11(16)3-4-12(13)14/h3-5,7,9-10H,6,8H2,1-2H3,(H3,17,18). The number of hydrogen-bond acceptors (Lipinski definition) is 3. The Morgan fingerprint density at radius 2 is 2.15 bits per heavy atom. The first kappa shape index (κ1) is 14.6. The molecule has 3 N–H and O–H groups in total. The molecule has 20 heavy (non-hydrogen) atoms. The summed E-state index contributed by atoms with van der Waals surface area (Å²) in [4.78, 5) is 6.60. The van der Waals surface area contributed by atoms with Crippen LogP contribution < -0.4 is 10.6 Å². The van der Waals surface area contributed by atoms with Crippen LogP contribution in [0.4, 0.5) is 5.69 Å². The SMILES string of the molecule is CC(C)N(CCC(=N)N)c1ccnc2cc(Cl)ccc12. The molecule has 0 unspecified atom stereocenters. The number of fused-ring (bicyclic) bond motifs is 1. The van der Waals surface area contributed by atoms with Crippen molar-refractivity contribution in [3.63, 3.8) is 0 Å². The van der Waals surface area contributed by atoms with E-state index in [9.17, 15) is 0 Å². The minimum Gasteiger partial charge on any atom is -0.388 e. The Morgan fingerprint density at radius 1 is 1.40 bits per heavy atom. The van der Waals surface area contributed by atoms with E-state index in [1.807, 2.05) is 24.3 Å². The molecule has 1 heterocycles. The number of hydrogen-bond donors (Lipinski definition) is 2. The summed E-state index contributed by atoms with van der Waals surface area (Å²) >= 11 is 6.02. The van der Waals surface area contributed by atoms with Gasteiger partial charge in [0.15, 0.2) is 0 Å². The largest absolute Gasteiger partial charge is 0.388 e. The number of anilines is 1. The highest BCUT2D eigenvalue weighted by Gasteiger charge is 2.14. The number of benzene rings is 1. The Kier molecular flexibility index (Phi) is 4.45. The Bertz CT molecular complexity index is 624. The van der Waals surface area contributed by atoms with Gasteiger partial charge in [0.1, 0.15) is 0 Å². The molecule has 1 aromatic carbocycles. The molecule has 0 amide bonds. The van der Waals surface area contributed by atoms with Crippen LogP contribution in [0.5, 0.6) is 0 Å². The first-order valence-electron chi connectivity index (χ1n) is 6.63. The van der Waals surface area contributed by atoms with Crippen LogP contribution in [-0.4, -0.2) is 23.4 Å². The number of pyridine rings is 1. The van der Waals surface area contributed by atoms with Crippen molar-refractivity contribution < 1.29 is 0 Å². The van der Waals surface area contributed by atoms with Gasteiger partial charge in [0, 0.05) is 41.3 Å². The third-order valence-corrected chi connectivity index (χ3v) is 3.47. The molecule has 0 spiro atoms. The summed E-state index contributed by atoms with van der Waals surface area (Å²) in [5.74, 6) is 0.206. The molecule has 0 saturated carbocycles. The van der Waals surface area contributed by atoms with Crippen molar-refractivity contribution in [2.75, 3.05) is 11.4 Å². The number of nitrogens with one attached hydrogen (secondary N) is 1. The summed E-state index contributed by atoms with van der Waals surface area (Å²) in [5.41, 5.74) is 7.46. The quantitative estimate of drug-likeness (QED) is 0.655. The molecular formula is C15H19ClN4. The Labute approximate surface area is 124 Å². The van der Waals surface area contributed by atoms with Gasteiger partial charge < -0.3 is 10.6 Å². The van der Waals surface area contributed by atoms with Gasteiger partial charge >= 0.3 is 0 Å². The normalized spacial score (nSPS) is 11.0. The molecule has 0 bridgehead atoms. The summed E-state index contributed by atoms with van der Waals surface area (Å²) in [7, 11) is 0. The van der Waals surface area contributed by atoms with E-state index in [0.29, 0.717) is 17.5 Å². The molecule has 0 aliphatic carbocycles. The predicted octanol–water partition coefficient (Wildman–Crippen LogP) is 3.43. The second kappa shape index (κ2) is 6.09. The van der Waals surface area contributed by atoms with Crippen LogP contribution in [0.2, 0.25) is 5.02 Å². The highest BCUT2D eigenvalue weighted by Crippen LogP contribution is 2.28. The van der Waals surface area contributed by atoms with Crippen LogP contribution in [0.1, 0.15) is 20.3 Å². The molecule has 2 aromatic rings. The van der Waals surface area contributed by atoms with Crippen LogP contribution in [0, 0.1) is 5.41 Å². The first-order chi connectivity index (χ1) is 9.49. The number of rotatable bonds is 5. The minimum absolute atomic E-state index is 0.206. The van der Waals surface area contributed by atoms with Gasteiger partial charge in [-0.3, -0.25) is 10.4 Å². The molecule has 5 heteroatoms. The maximum absolute atomic E-state index is 7.40. The summed E-state index contributed by atoms with van der Waals surface area (Å²) in [6.45, 7) is 4.97. The van der Waals surface area contributed by atoms with Crippen molar-refractivity contribution in [2.24, 2.45) is 5.73 Å². The van der Waals surface area contributed by atoms with E-state index >= 15 is 0 Å². The van der Waals surface area contributed by atoms with Gasteiger partial charge in [0.2, 0.25) is 0 Å². The fourth-order valence-corrected chi connectivity index (χ4v) is 2.42. The lowest BCUT2D eigenvalue weighted by molar-refractivity contribution is 0.691. The molecule has 0 aliphatic heterocycles. The Morgan fingerprint density at radius 3 is 2.80 bits per heavy atom. The lowest BCUT2D eigenvalue weighted by Crippen LogP contribution is -2.34. The van der Waals surface area contributed by atoms with Crippen LogP contribution in [0.25, 0.3) is 10.9 Å². The number of halogens is 1. The van der Waals surface area contributed by atoms with Crippen molar-refractivity contribution in [2.45, 2.75) is 26.3 Å². The van der Waals surface area contributed by atoms with Gasteiger partial charge in [0.05, 0.1) is 11.4 Å². The van der Waals surface area contributed by atoms with Crippen molar-refractivity contribution in [3.05, 3.63) is 35.5 Å². The van der Waals surface area contributed by atoms with Crippen molar-refractivity contribution in [1.29, 1.82) is 5.41 Å². The lowest BCUT2D eigenvalue weighted by Gasteiger charge is -2.30. The van der Waals surface area contributed by atoms with Crippen LogP contribution >= 0.6 is 11.6 Å². The van der Waals surface area contributed by atoms with Gasteiger partial charge in [-0.1, -0.05) is 11.6 Å². The van der Waals surface area contributed by atoms with Gasteiger partial charge in [-0.15, -0.1) is 0 Å². The number of aromatic nitrogens is 1. The molecule has 0 atom stereocenters. The summed E-state index contributed by atoms with van der Waals surface area (Å²) in [5, 5.41) is 9.15. The average molecular weight is 291 g/mol. The van der Waals surface area contributed by atoms with E-state index in [1.165, 1.54) is 0 Å². The van der Waals surface area contributed by atoms with Crippen molar-refractivity contribution in [1.82, 2.24) is 4.98 Å². The van der Waals surface area contributed by atoms with Gasteiger partial charge in [-0.25, -0.2) is 0 Å². The fourth-order valence-electron chi connectivity index (χ4n) is 2.25. The molecular weight excluding hydrogens is 272 g/mol. The van der Waals surface area contributed by atoms with Crippen LogP contribution in [0.15, 0.2) is 30.5 Å². The molecule has 0 radical (unpaired) electrons. The zero-order chi connectivity index (χ0) is 14.7. The average Bonchev–Trinajstić information content (AvgIpc) is 2.37. The topological polar surface area (TPSA) is 66.0 Å². The molecule has 0 fully saturated rings. The maximum atomic E-state index is 7.40. The van der Waals surface area contributed by atoms with Crippen molar-refractivity contribution >= 4 is 34.0 Å². The van der Waals surface area contributed by atoms with E-state index in [1.54, 1.807) is 6.20 Å². The van der Waals surface area contributed by atoms with E-state index in [4.69, 9.17) is 22.7 Å². The second-order valence-electron chi connectivity index (χ2n) is 5.05. The van der Waals surface area contributed by atoms with Gasteiger partial charge in [-0.2, -0.15) is 0 Å². The van der Waals surface area contributed by atoms with E-state index in [0.717, 1.165) is 23.1 Å². The van der Waals surface area contributed by atoms with Gasteiger partial charge in [-0.05, 0) is 38.1 Å². The molecule has 0 aliphatic rings. The fraction of sp³-hybridized carbons (Fsp3) is 0.333. The summed E-state index contributed by atoms with van der Waals surface area (Å²) < 4.78 is 0. The van der Waals surface area contributed by atoms with E-state index < -0.39 is 0 Å². The first-order valence-corrected chi connectivity index (χ1v) is 7.00. The zero-order valence-electron chi connectivity index (χ0n) is 11.7. The third-order valence-electron chi connectivity index (χ3n) is 3.24. The number of nitrogens with zero attached hydrogens (tertiary/aromatic N) is 2. The smallest absolute Gasteiger partial charge is 0.0923 e. The van der Waals surface area contributed by atoms with Crippen molar-refractivity contribution in [3.8, 4) is 0 Å². The molecule has 2 rings (SSSR count). The van der Waals surface area contributed by atoms with E-state index in [-0.39, 0.29) is 5.84 Å². The van der Waals surface area contributed by atoms with Crippen LogP contribution in [-0.2, 0) is 0 Å². The monoisotopic (exact) mass is 290 g/mol. The molecule has 1 aromatic heterocycles. The number of amidine groups is 1.